The number of fused-ring (bicyclic) bond motifs is 1. The van der Waals surface area contributed by atoms with Gasteiger partial charge in [-0.2, -0.15) is 0 Å². The minimum Gasteiger partial charge on any atom is -0.487 e. The van der Waals surface area contributed by atoms with Crippen molar-refractivity contribution < 1.29 is 9.53 Å². The smallest absolute Gasteiger partial charge is 0.224 e. The predicted octanol–water partition coefficient (Wildman–Crippen LogP) is 5.28. The number of amides is 1. The van der Waals surface area contributed by atoms with Crippen LogP contribution in [0.3, 0.4) is 0 Å². The Kier molecular flexibility index (Phi) is 6.08. The van der Waals surface area contributed by atoms with Crippen molar-refractivity contribution in [2.75, 3.05) is 13.1 Å². The molecule has 5 heteroatoms. The highest BCUT2D eigenvalue weighted by Gasteiger charge is 2.36. The summed E-state index contributed by atoms with van der Waals surface area (Å²) >= 11 is 6.34. The molecule has 4 rings (SSSR count). The van der Waals surface area contributed by atoms with Crippen molar-refractivity contribution in [3.05, 3.63) is 64.2 Å². The van der Waals surface area contributed by atoms with Crippen LogP contribution in [0.2, 0.25) is 5.02 Å². The van der Waals surface area contributed by atoms with Crippen molar-refractivity contribution in [1.82, 2.24) is 10.2 Å². The average Bonchev–Trinajstić information content (AvgIpc) is 2.69. The van der Waals surface area contributed by atoms with Crippen LogP contribution in [0.25, 0.3) is 0 Å². The van der Waals surface area contributed by atoms with Gasteiger partial charge in [-0.1, -0.05) is 41.9 Å². The van der Waals surface area contributed by atoms with Crippen LogP contribution in [-0.4, -0.2) is 29.5 Å². The first-order chi connectivity index (χ1) is 14.3. The van der Waals surface area contributed by atoms with E-state index >= 15 is 0 Å². The Bertz CT molecular complexity index is 927. The maximum Gasteiger partial charge on any atom is 0.224 e. The molecular formula is C25H31ClN2O2. The molecule has 4 nitrogen and oxygen atoms in total. The number of piperidine rings is 1. The first kappa shape index (κ1) is 21.2. The normalized spacial score (nSPS) is 23.3. The molecule has 2 aromatic rings. The van der Waals surface area contributed by atoms with Gasteiger partial charge in [0, 0.05) is 30.1 Å². The second-order valence-corrected chi connectivity index (χ2v) is 9.74. The molecule has 1 amide bonds. The Morgan fingerprint density at radius 1 is 1.27 bits per heavy atom. The van der Waals surface area contributed by atoms with Crippen LogP contribution in [0.5, 0.6) is 5.75 Å². The summed E-state index contributed by atoms with van der Waals surface area (Å²) in [6, 6.07) is 14.2. The van der Waals surface area contributed by atoms with Gasteiger partial charge in [0.15, 0.2) is 0 Å². The van der Waals surface area contributed by atoms with E-state index < -0.39 is 0 Å². The van der Waals surface area contributed by atoms with Gasteiger partial charge in [-0.25, -0.2) is 0 Å². The molecule has 2 atom stereocenters. The van der Waals surface area contributed by atoms with Gasteiger partial charge in [0.05, 0.1) is 12.0 Å². The van der Waals surface area contributed by atoms with E-state index in [4.69, 9.17) is 16.3 Å². The standard InChI is InChI=1S/C25H31ClN2O2/c1-17-10-11-20-22(14-25(2,3)30-23(20)13-17)27-24(29)19-8-6-12-28(16-19)15-18-7-4-5-9-21(18)26/h4-5,7,9-11,13,19,22H,6,8,12,14-16H2,1-3H3,(H,27,29)/t19-,22-/m0/s1. The molecule has 1 saturated heterocycles. The van der Waals surface area contributed by atoms with Crippen molar-refractivity contribution in [3.8, 4) is 5.75 Å². The molecule has 0 spiro atoms. The van der Waals surface area contributed by atoms with Crippen molar-refractivity contribution in [2.24, 2.45) is 5.92 Å². The van der Waals surface area contributed by atoms with Crippen molar-refractivity contribution in [2.45, 2.75) is 58.2 Å². The third-order valence-electron chi connectivity index (χ3n) is 6.17. The first-order valence-corrected chi connectivity index (χ1v) is 11.2. The molecule has 0 saturated carbocycles. The maximum atomic E-state index is 13.2. The van der Waals surface area contributed by atoms with E-state index in [1.807, 2.05) is 18.2 Å². The topological polar surface area (TPSA) is 41.6 Å². The fourth-order valence-corrected chi connectivity index (χ4v) is 4.85. The largest absolute Gasteiger partial charge is 0.487 e. The van der Waals surface area contributed by atoms with Crippen molar-refractivity contribution in [3.63, 3.8) is 0 Å². The third kappa shape index (κ3) is 4.81. The Labute approximate surface area is 184 Å². The number of aryl methyl sites for hydroxylation is 1. The number of nitrogens with one attached hydrogen (secondary N) is 1. The summed E-state index contributed by atoms with van der Waals surface area (Å²) in [6.07, 6.45) is 2.72. The lowest BCUT2D eigenvalue weighted by atomic mass is 9.88. The molecule has 2 aliphatic rings. The number of hydrogen-bond acceptors (Lipinski definition) is 3. The minimum atomic E-state index is -0.304. The van der Waals surface area contributed by atoms with Crippen LogP contribution < -0.4 is 10.1 Å². The molecule has 2 aliphatic heterocycles. The number of carbonyl (C=O) groups excluding carboxylic acids is 1. The zero-order valence-electron chi connectivity index (χ0n) is 18.1. The van der Waals surface area contributed by atoms with Crippen LogP contribution in [-0.2, 0) is 11.3 Å². The molecule has 2 aromatic carbocycles. The van der Waals surface area contributed by atoms with Crippen LogP contribution in [0.15, 0.2) is 42.5 Å². The number of halogens is 1. The second kappa shape index (κ2) is 8.60. The Morgan fingerprint density at radius 2 is 2.07 bits per heavy atom. The van der Waals surface area contributed by atoms with E-state index in [2.05, 4.69) is 55.3 Å². The highest BCUT2D eigenvalue weighted by Crippen LogP contribution is 2.40. The first-order valence-electron chi connectivity index (χ1n) is 10.9. The van der Waals surface area contributed by atoms with E-state index in [-0.39, 0.29) is 23.5 Å². The lowest BCUT2D eigenvalue weighted by Crippen LogP contribution is -2.46. The monoisotopic (exact) mass is 426 g/mol. The number of nitrogens with zero attached hydrogens (tertiary/aromatic N) is 1. The van der Waals surface area contributed by atoms with E-state index in [0.717, 1.165) is 60.8 Å². The fourth-order valence-electron chi connectivity index (χ4n) is 4.66. The van der Waals surface area contributed by atoms with Gasteiger partial charge in [0.2, 0.25) is 5.91 Å². The predicted molar refractivity (Wildman–Crippen MR) is 121 cm³/mol. The van der Waals surface area contributed by atoms with E-state index in [9.17, 15) is 4.79 Å². The maximum absolute atomic E-state index is 13.2. The summed E-state index contributed by atoms with van der Waals surface area (Å²) in [5.41, 5.74) is 3.06. The quantitative estimate of drug-likeness (QED) is 0.723. The third-order valence-corrected chi connectivity index (χ3v) is 6.54. The zero-order valence-corrected chi connectivity index (χ0v) is 18.8. The van der Waals surface area contributed by atoms with Crippen molar-refractivity contribution >= 4 is 17.5 Å². The lowest BCUT2D eigenvalue weighted by Gasteiger charge is -2.39. The van der Waals surface area contributed by atoms with E-state index in [0.29, 0.717) is 0 Å². The van der Waals surface area contributed by atoms with Gasteiger partial charge in [-0.15, -0.1) is 0 Å². The van der Waals surface area contributed by atoms with Gasteiger partial charge in [-0.05, 0) is 63.4 Å². The highest BCUT2D eigenvalue weighted by molar-refractivity contribution is 6.31. The van der Waals surface area contributed by atoms with Gasteiger partial charge in [0.1, 0.15) is 11.4 Å². The molecule has 0 aromatic heterocycles. The minimum absolute atomic E-state index is 0.00101. The molecule has 30 heavy (non-hydrogen) atoms. The van der Waals surface area contributed by atoms with Gasteiger partial charge in [-0.3, -0.25) is 9.69 Å². The molecule has 1 fully saturated rings. The number of benzene rings is 2. The van der Waals surface area contributed by atoms with Crippen LogP contribution >= 0.6 is 11.6 Å². The molecule has 0 unspecified atom stereocenters. The average molecular weight is 427 g/mol. The number of hydrogen-bond donors (Lipinski definition) is 1. The summed E-state index contributed by atoms with van der Waals surface area (Å²) in [5, 5.41) is 4.14. The van der Waals surface area contributed by atoms with Crippen LogP contribution in [0.1, 0.15) is 55.8 Å². The molecule has 160 valence electrons. The summed E-state index contributed by atoms with van der Waals surface area (Å²) in [7, 11) is 0. The molecule has 2 heterocycles. The van der Waals surface area contributed by atoms with Gasteiger partial charge < -0.3 is 10.1 Å². The van der Waals surface area contributed by atoms with Crippen LogP contribution in [0, 0.1) is 12.8 Å². The van der Waals surface area contributed by atoms with Crippen molar-refractivity contribution in [1.29, 1.82) is 0 Å². The molecule has 0 radical (unpaired) electrons. The fraction of sp³-hybridized carbons (Fsp3) is 0.480. The summed E-state index contributed by atoms with van der Waals surface area (Å²) in [5.74, 6) is 1.04. The highest BCUT2D eigenvalue weighted by atomic mass is 35.5. The van der Waals surface area contributed by atoms with Gasteiger partial charge >= 0.3 is 0 Å². The van der Waals surface area contributed by atoms with E-state index in [1.54, 1.807) is 0 Å². The Balaban J connectivity index is 1.44. The molecule has 0 bridgehead atoms. The lowest BCUT2D eigenvalue weighted by molar-refractivity contribution is -0.128. The number of rotatable bonds is 4. The SMILES string of the molecule is Cc1ccc2c(c1)OC(C)(C)C[C@@H]2NC(=O)[C@H]1CCCN(Cc2ccccc2Cl)C1. The Morgan fingerprint density at radius 3 is 2.87 bits per heavy atom. The van der Waals surface area contributed by atoms with E-state index in [1.165, 1.54) is 5.56 Å². The molecular weight excluding hydrogens is 396 g/mol. The number of carbonyl (C=O) groups is 1. The molecule has 0 aliphatic carbocycles. The zero-order chi connectivity index (χ0) is 21.3. The van der Waals surface area contributed by atoms with Crippen LogP contribution in [0.4, 0.5) is 0 Å². The Hall–Kier alpha value is -2.04. The summed E-state index contributed by atoms with van der Waals surface area (Å²) < 4.78 is 6.18. The number of ether oxygens (including phenoxy) is 1. The molecule has 1 N–H and O–H groups in total. The summed E-state index contributed by atoms with van der Waals surface area (Å²) in [4.78, 5) is 15.6. The number of likely N-dealkylation sites (tertiary alicyclic amines) is 1. The van der Waals surface area contributed by atoms with Gasteiger partial charge in [0.25, 0.3) is 0 Å². The summed E-state index contributed by atoms with van der Waals surface area (Å²) in [6.45, 7) is 8.79. The second-order valence-electron chi connectivity index (χ2n) is 9.33.